The summed E-state index contributed by atoms with van der Waals surface area (Å²) in [6.45, 7) is 6.12. The maximum Gasteiger partial charge on any atom is 0.0275 e. The minimum absolute atomic E-state index is 0.488. The van der Waals surface area contributed by atoms with E-state index in [0.717, 1.165) is 18.8 Å². The molecule has 1 fully saturated rings. The van der Waals surface area contributed by atoms with E-state index >= 15 is 0 Å². The van der Waals surface area contributed by atoms with Crippen LogP contribution in [0.2, 0.25) is 0 Å². The zero-order valence-electron chi connectivity index (χ0n) is 7.27. The van der Waals surface area contributed by atoms with Crippen LogP contribution in [0.25, 0.3) is 0 Å². The van der Waals surface area contributed by atoms with E-state index < -0.39 is 0 Å². The molecule has 0 aromatic heterocycles. The van der Waals surface area contributed by atoms with Crippen molar-refractivity contribution in [1.29, 1.82) is 0 Å². The van der Waals surface area contributed by atoms with Crippen LogP contribution in [0, 0.1) is 5.92 Å². The van der Waals surface area contributed by atoms with Gasteiger partial charge in [-0.15, -0.1) is 0 Å². The van der Waals surface area contributed by atoms with E-state index in [4.69, 9.17) is 5.84 Å². The Morgan fingerprint density at radius 3 is 2.73 bits per heavy atom. The molecule has 0 heterocycles. The van der Waals surface area contributed by atoms with Crippen LogP contribution in [0.1, 0.15) is 32.6 Å². The minimum Gasteiger partial charge on any atom is -0.271 e. The quantitative estimate of drug-likeness (QED) is 0.358. The van der Waals surface area contributed by atoms with Crippen molar-refractivity contribution < 1.29 is 0 Å². The Hall–Kier alpha value is -0.340. The molecule has 0 spiro atoms. The predicted molar refractivity (Wildman–Crippen MR) is 47.9 cm³/mol. The molecule has 1 unspecified atom stereocenters. The maximum atomic E-state index is 5.43. The SMILES string of the molecule is C=C(CC)CC(NN)C1CC1. The highest BCUT2D eigenvalue weighted by atomic mass is 15.2. The van der Waals surface area contributed by atoms with Crippen LogP contribution in [-0.4, -0.2) is 6.04 Å². The van der Waals surface area contributed by atoms with Crippen molar-refractivity contribution in [2.45, 2.75) is 38.6 Å². The number of rotatable bonds is 5. The molecule has 2 nitrogen and oxygen atoms in total. The number of hydrogen-bond acceptors (Lipinski definition) is 2. The summed E-state index contributed by atoms with van der Waals surface area (Å²) >= 11 is 0. The Morgan fingerprint density at radius 2 is 2.36 bits per heavy atom. The Balaban J connectivity index is 2.25. The summed E-state index contributed by atoms with van der Waals surface area (Å²) in [4.78, 5) is 0. The summed E-state index contributed by atoms with van der Waals surface area (Å²) in [6, 6.07) is 0.488. The first-order valence-corrected chi connectivity index (χ1v) is 4.40. The molecule has 3 N–H and O–H groups in total. The zero-order valence-corrected chi connectivity index (χ0v) is 7.27. The summed E-state index contributed by atoms with van der Waals surface area (Å²) in [5.74, 6) is 6.25. The van der Waals surface area contributed by atoms with Crippen molar-refractivity contribution in [2.24, 2.45) is 11.8 Å². The molecule has 0 aromatic carbocycles. The number of nitrogens with two attached hydrogens (primary N) is 1. The number of hydrogen-bond donors (Lipinski definition) is 2. The van der Waals surface area contributed by atoms with Gasteiger partial charge in [0.1, 0.15) is 0 Å². The van der Waals surface area contributed by atoms with Gasteiger partial charge in [0, 0.05) is 6.04 Å². The lowest BCUT2D eigenvalue weighted by Gasteiger charge is -2.15. The number of nitrogens with one attached hydrogen (secondary N) is 1. The van der Waals surface area contributed by atoms with Crippen molar-refractivity contribution in [3.63, 3.8) is 0 Å². The molecule has 0 radical (unpaired) electrons. The molecule has 0 bridgehead atoms. The van der Waals surface area contributed by atoms with Gasteiger partial charge < -0.3 is 0 Å². The predicted octanol–water partition coefficient (Wildman–Crippen LogP) is 1.58. The molecule has 0 aromatic rings. The summed E-state index contributed by atoms with van der Waals surface area (Å²) < 4.78 is 0. The van der Waals surface area contributed by atoms with Gasteiger partial charge in [0.2, 0.25) is 0 Å². The largest absolute Gasteiger partial charge is 0.271 e. The lowest BCUT2D eigenvalue weighted by atomic mass is 10.0. The van der Waals surface area contributed by atoms with Crippen molar-refractivity contribution in [3.8, 4) is 0 Å². The van der Waals surface area contributed by atoms with Gasteiger partial charge in [-0.3, -0.25) is 11.3 Å². The van der Waals surface area contributed by atoms with Gasteiger partial charge in [0.15, 0.2) is 0 Å². The lowest BCUT2D eigenvalue weighted by Crippen LogP contribution is -2.36. The lowest BCUT2D eigenvalue weighted by molar-refractivity contribution is 0.468. The summed E-state index contributed by atoms with van der Waals surface area (Å²) in [7, 11) is 0. The first-order chi connectivity index (χ1) is 5.27. The molecule has 1 rings (SSSR count). The van der Waals surface area contributed by atoms with Gasteiger partial charge in [0.25, 0.3) is 0 Å². The molecule has 1 atom stereocenters. The van der Waals surface area contributed by atoms with Crippen LogP contribution in [0.3, 0.4) is 0 Å². The molecule has 1 aliphatic carbocycles. The normalized spacial score (nSPS) is 19.8. The van der Waals surface area contributed by atoms with Gasteiger partial charge in [-0.25, -0.2) is 0 Å². The highest BCUT2D eigenvalue weighted by molar-refractivity contribution is 5.00. The van der Waals surface area contributed by atoms with E-state index in [1.165, 1.54) is 18.4 Å². The van der Waals surface area contributed by atoms with Crippen LogP contribution < -0.4 is 11.3 Å². The monoisotopic (exact) mass is 154 g/mol. The topological polar surface area (TPSA) is 38.0 Å². The van der Waals surface area contributed by atoms with E-state index in [1.54, 1.807) is 0 Å². The summed E-state index contributed by atoms with van der Waals surface area (Å²) in [5, 5.41) is 0. The van der Waals surface area contributed by atoms with Crippen LogP contribution in [0.5, 0.6) is 0 Å². The Morgan fingerprint density at radius 1 is 1.73 bits per heavy atom. The highest BCUT2D eigenvalue weighted by Crippen LogP contribution is 2.34. The number of hydrazine groups is 1. The highest BCUT2D eigenvalue weighted by Gasteiger charge is 2.30. The van der Waals surface area contributed by atoms with Crippen LogP contribution in [0.15, 0.2) is 12.2 Å². The Labute approximate surface area is 68.8 Å². The first-order valence-electron chi connectivity index (χ1n) is 4.40. The Bertz CT molecular complexity index is 138. The van der Waals surface area contributed by atoms with Crippen molar-refractivity contribution in [1.82, 2.24) is 5.43 Å². The Kier molecular flexibility index (Phi) is 3.09. The van der Waals surface area contributed by atoms with E-state index in [-0.39, 0.29) is 0 Å². The summed E-state index contributed by atoms with van der Waals surface area (Å²) in [5.41, 5.74) is 4.17. The first kappa shape index (κ1) is 8.75. The fourth-order valence-corrected chi connectivity index (χ4v) is 1.32. The maximum absolute atomic E-state index is 5.43. The van der Waals surface area contributed by atoms with E-state index in [1.807, 2.05) is 0 Å². The van der Waals surface area contributed by atoms with Crippen molar-refractivity contribution >= 4 is 0 Å². The average Bonchev–Trinajstić information content (AvgIpc) is 2.82. The van der Waals surface area contributed by atoms with Gasteiger partial charge in [-0.05, 0) is 31.6 Å². The van der Waals surface area contributed by atoms with Gasteiger partial charge in [-0.1, -0.05) is 19.1 Å². The molecule has 64 valence electrons. The second-order valence-corrected chi connectivity index (χ2v) is 3.42. The minimum atomic E-state index is 0.488. The van der Waals surface area contributed by atoms with Crippen molar-refractivity contribution in [2.75, 3.05) is 0 Å². The molecule has 1 saturated carbocycles. The molecule has 0 saturated heterocycles. The van der Waals surface area contributed by atoms with Gasteiger partial charge >= 0.3 is 0 Å². The zero-order chi connectivity index (χ0) is 8.27. The molecular formula is C9H18N2. The molecule has 0 aliphatic heterocycles. The van der Waals surface area contributed by atoms with E-state index in [2.05, 4.69) is 18.9 Å². The smallest absolute Gasteiger partial charge is 0.0275 e. The third-order valence-corrected chi connectivity index (χ3v) is 2.41. The van der Waals surface area contributed by atoms with E-state index in [0.29, 0.717) is 6.04 Å². The third-order valence-electron chi connectivity index (χ3n) is 2.41. The molecule has 1 aliphatic rings. The average molecular weight is 154 g/mol. The van der Waals surface area contributed by atoms with E-state index in [9.17, 15) is 0 Å². The second kappa shape index (κ2) is 3.88. The molecule has 0 amide bonds. The fourth-order valence-electron chi connectivity index (χ4n) is 1.32. The second-order valence-electron chi connectivity index (χ2n) is 3.42. The fraction of sp³-hybridized carbons (Fsp3) is 0.778. The third kappa shape index (κ3) is 2.64. The molecule has 11 heavy (non-hydrogen) atoms. The van der Waals surface area contributed by atoms with Gasteiger partial charge in [-0.2, -0.15) is 0 Å². The molecular weight excluding hydrogens is 136 g/mol. The van der Waals surface area contributed by atoms with Crippen LogP contribution in [0.4, 0.5) is 0 Å². The molecule has 2 heteroatoms. The summed E-state index contributed by atoms with van der Waals surface area (Å²) in [6.07, 6.45) is 4.81. The standard InChI is InChI=1S/C9H18N2/c1-3-7(2)6-9(11-10)8-4-5-8/h8-9,11H,2-6,10H2,1H3. The van der Waals surface area contributed by atoms with Gasteiger partial charge in [0.05, 0.1) is 0 Å². The van der Waals surface area contributed by atoms with Crippen LogP contribution in [-0.2, 0) is 0 Å². The van der Waals surface area contributed by atoms with Crippen molar-refractivity contribution in [3.05, 3.63) is 12.2 Å². The van der Waals surface area contributed by atoms with Crippen LogP contribution >= 0.6 is 0 Å².